The van der Waals surface area contributed by atoms with Crippen molar-refractivity contribution in [3.63, 3.8) is 0 Å². The monoisotopic (exact) mass is 196 g/mol. The van der Waals surface area contributed by atoms with Crippen LogP contribution in [0.3, 0.4) is 0 Å². The molecule has 1 saturated carbocycles. The molecule has 0 radical (unpaired) electrons. The largest absolute Gasteiger partial charge is 0.389 e. The predicted octanol–water partition coefficient (Wildman–Crippen LogP) is 1.43. The summed E-state index contributed by atoms with van der Waals surface area (Å²) in [7, 11) is 0. The molecule has 1 fully saturated rings. The average Bonchev–Trinajstić information content (AvgIpc) is 2.12. The number of nitrogens with one attached hydrogen (secondary N) is 1. The summed E-state index contributed by atoms with van der Waals surface area (Å²) in [6, 6.07) is 2.08. The number of hydrogen-bond donors (Lipinski definition) is 2. The summed E-state index contributed by atoms with van der Waals surface area (Å²) in [6.07, 6.45) is 4.67. The Balaban J connectivity index is 2.23. The van der Waals surface area contributed by atoms with Gasteiger partial charge in [0.05, 0.1) is 11.7 Å². The third-order valence-corrected chi connectivity index (χ3v) is 2.94. The van der Waals surface area contributed by atoms with Crippen LogP contribution >= 0.6 is 0 Å². The van der Waals surface area contributed by atoms with Gasteiger partial charge in [0.2, 0.25) is 0 Å². The van der Waals surface area contributed by atoms with Crippen LogP contribution in [0.1, 0.15) is 39.0 Å². The van der Waals surface area contributed by atoms with E-state index in [9.17, 15) is 5.11 Å². The molecule has 3 nitrogen and oxygen atoms in total. The minimum Gasteiger partial charge on any atom is -0.389 e. The minimum atomic E-state index is -0.521. The maximum atomic E-state index is 10.2. The number of nitrogens with zero attached hydrogens (tertiary/aromatic N) is 1. The second-order valence-corrected chi connectivity index (χ2v) is 4.51. The zero-order valence-electron chi connectivity index (χ0n) is 8.92. The lowest BCUT2D eigenvalue weighted by molar-refractivity contribution is -0.0114. The summed E-state index contributed by atoms with van der Waals surface area (Å²) >= 11 is 0. The summed E-state index contributed by atoms with van der Waals surface area (Å²) in [5, 5.41) is 21.7. The van der Waals surface area contributed by atoms with Gasteiger partial charge in [-0.2, -0.15) is 5.26 Å². The van der Waals surface area contributed by atoms with Gasteiger partial charge in [-0.25, -0.2) is 0 Å². The molecule has 2 N–H and O–H groups in total. The first-order valence-corrected chi connectivity index (χ1v) is 5.46. The van der Waals surface area contributed by atoms with E-state index >= 15 is 0 Å². The molecule has 0 aromatic carbocycles. The van der Waals surface area contributed by atoms with Crippen LogP contribution in [0.15, 0.2) is 0 Å². The second-order valence-electron chi connectivity index (χ2n) is 4.51. The quantitative estimate of drug-likeness (QED) is 0.669. The minimum absolute atomic E-state index is 0.519. The number of nitriles is 1. The van der Waals surface area contributed by atoms with Gasteiger partial charge in [0, 0.05) is 19.5 Å². The van der Waals surface area contributed by atoms with E-state index in [-0.39, 0.29) is 0 Å². The first-order chi connectivity index (χ1) is 6.66. The molecule has 0 aromatic rings. The number of hydrogen-bond acceptors (Lipinski definition) is 3. The van der Waals surface area contributed by atoms with Gasteiger partial charge in [0.1, 0.15) is 0 Å². The fourth-order valence-corrected chi connectivity index (χ4v) is 2.26. The smallest absolute Gasteiger partial charge is 0.0774 e. The Kier molecular flexibility index (Phi) is 4.37. The van der Waals surface area contributed by atoms with Gasteiger partial charge in [0.25, 0.3) is 0 Å². The Hall–Kier alpha value is -0.590. The first-order valence-electron chi connectivity index (χ1n) is 5.46. The molecule has 2 unspecified atom stereocenters. The fraction of sp³-hybridized carbons (Fsp3) is 0.909. The highest BCUT2D eigenvalue weighted by molar-refractivity contribution is 4.87. The average molecular weight is 196 g/mol. The van der Waals surface area contributed by atoms with E-state index in [4.69, 9.17) is 5.26 Å². The molecule has 0 amide bonds. The molecular weight excluding hydrogens is 176 g/mol. The van der Waals surface area contributed by atoms with Crippen LogP contribution in [-0.4, -0.2) is 23.8 Å². The third-order valence-electron chi connectivity index (χ3n) is 2.94. The van der Waals surface area contributed by atoms with Crippen molar-refractivity contribution in [1.82, 2.24) is 5.32 Å². The van der Waals surface area contributed by atoms with Gasteiger partial charge in [-0.3, -0.25) is 0 Å². The standard InChI is InChI=1S/C11H20N2O/c1-10-4-2-5-11(14,8-10)9-13-7-3-6-12/h10,13-14H,2-5,7-9H2,1H3. The lowest BCUT2D eigenvalue weighted by Gasteiger charge is -2.35. The van der Waals surface area contributed by atoms with Crippen molar-refractivity contribution >= 4 is 0 Å². The van der Waals surface area contributed by atoms with Crippen molar-refractivity contribution in [1.29, 1.82) is 5.26 Å². The van der Waals surface area contributed by atoms with Crippen molar-refractivity contribution in [2.45, 2.75) is 44.6 Å². The van der Waals surface area contributed by atoms with Crippen molar-refractivity contribution in [3.8, 4) is 6.07 Å². The summed E-state index contributed by atoms with van der Waals surface area (Å²) in [5.74, 6) is 0.631. The highest BCUT2D eigenvalue weighted by Gasteiger charge is 2.31. The van der Waals surface area contributed by atoms with Gasteiger partial charge in [-0.1, -0.05) is 19.8 Å². The molecule has 0 aromatic heterocycles. The Labute approximate surface area is 86.1 Å². The van der Waals surface area contributed by atoms with E-state index in [0.717, 1.165) is 19.3 Å². The highest BCUT2D eigenvalue weighted by Crippen LogP contribution is 2.31. The lowest BCUT2D eigenvalue weighted by atomic mass is 9.79. The molecule has 14 heavy (non-hydrogen) atoms. The van der Waals surface area contributed by atoms with E-state index in [1.165, 1.54) is 6.42 Å². The van der Waals surface area contributed by atoms with E-state index in [1.54, 1.807) is 0 Å². The zero-order valence-corrected chi connectivity index (χ0v) is 8.92. The molecule has 0 aliphatic heterocycles. The molecule has 0 spiro atoms. The number of aliphatic hydroxyl groups is 1. The van der Waals surface area contributed by atoms with Crippen molar-refractivity contribution in [2.75, 3.05) is 13.1 Å². The van der Waals surface area contributed by atoms with Crippen LogP contribution in [0.25, 0.3) is 0 Å². The van der Waals surface area contributed by atoms with Crippen LogP contribution < -0.4 is 5.32 Å². The van der Waals surface area contributed by atoms with Gasteiger partial charge >= 0.3 is 0 Å². The molecule has 3 heteroatoms. The second kappa shape index (κ2) is 5.33. The SMILES string of the molecule is CC1CCCC(O)(CNCCC#N)C1. The zero-order chi connectivity index (χ0) is 10.4. The molecule has 1 aliphatic carbocycles. The predicted molar refractivity (Wildman–Crippen MR) is 55.7 cm³/mol. The normalized spacial score (nSPS) is 32.5. The van der Waals surface area contributed by atoms with Crippen molar-refractivity contribution < 1.29 is 5.11 Å². The molecule has 1 aliphatic rings. The van der Waals surface area contributed by atoms with E-state index in [1.807, 2.05) is 0 Å². The first kappa shape index (κ1) is 11.5. The van der Waals surface area contributed by atoms with E-state index in [0.29, 0.717) is 25.4 Å². The molecule has 0 heterocycles. The molecule has 1 rings (SSSR count). The highest BCUT2D eigenvalue weighted by atomic mass is 16.3. The van der Waals surface area contributed by atoms with E-state index in [2.05, 4.69) is 18.3 Å². The van der Waals surface area contributed by atoms with Crippen LogP contribution in [0.5, 0.6) is 0 Å². The maximum Gasteiger partial charge on any atom is 0.0774 e. The maximum absolute atomic E-state index is 10.2. The Bertz CT molecular complexity index is 212. The molecular formula is C11H20N2O. The number of rotatable bonds is 4. The lowest BCUT2D eigenvalue weighted by Crippen LogP contribution is -2.44. The summed E-state index contributed by atoms with van der Waals surface area (Å²) in [6.45, 7) is 3.52. The van der Waals surface area contributed by atoms with E-state index < -0.39 is 5.60 Å². The van der Waals surface area contributed by atoms with Gasteiger partial charge in [-0.15, -0.1) is 0 Å². The van der Waals surface area contributed by atoms with Gasteiger partial charge < -0.3 is 10.4 Å². The summed E-state index contributed by atoms with van der Waals surface area (Å²) in [5.41, 5.74) is -0.521. The van der Waals surface area contributed by atoms with Crippen LogP contribution in [0.2, 0.25) is 0 Å². The topological polar surface area (TPSA) is 56.0 Å². The molecule has 80 valence electrons. The fourth-order valence-electron chi connectivity index (χ4n) is 2.26. The van der Waals surface area contributed by atoms with Crippen LogP contribution in [0, 0.1) is 17.2 Å². The third kappa shape index (κ3) is 3.65. The molecule has 0 bridgehead atoms. The van der Waals surface area contributed by atoms with Gasteiger partial charge in [0.15, 0.2) is 0 Å². The Morgan fingerprint density at radius 2 is 2.43 bits per heavy atom. The molecule has 2 atom stereocenters. The summed E-state index contributed by atoms with van der Waals surface area (Å²) < 4.78 is 0. The van der Waals surface area contributed by atoms with Gasteiger partial charge in [-0.05, 0) is 18.8 Å². The Morgan fingerprint density at radius 1 is 1.64 bits per heavy atom. The summed E-state index contributed by atoms with van der Waals surface area (Å²) in [4.78, 5) is 0. The molecule has 0 saturated heterocycles. The van der Waals surface area contributed by atoms with Crippen molar-refractivity contribution in [3.05, 3.63) is 0 Å². The van der Waals surface area contributed by atoms with Crippen LogP contribution in [0.4, 0.5) is 0 Å². The van der Waals surface area contributed by atoms with Crippen LogP contribution in [-0.2, 0) is 0 Å². The Morgan fingerprint density at radius 3 is 3.07 bits per heavy atom. The van der Waals surface area contributed by atoms with Crippen molar-refractivity contribution in [2.24, 2.45) is 5.92 Å².